The van der Waals surface area contributed by atoms with Crippen LogP contribution in [0.15, 0.2) is 46.2 Å². The van der Waals surface area contributed by atoms with Gasteiger partial charge in [-0.1, -0.05) is 43.3 Å². The van der Waals surface area contributed by atoms with Crippen molar-refractivity contribution in [2.45, 2.75) is 29.6 Å². The minimum Gasteiger partial charge on any atom is -0.384 e. The first kappa shape index (κ1) is 16.9. The Balaban J connectivity index is 2.44. The molecule has 3 nitrogen and oxygen atoms in total. The summed E-state index contributed by atoms with van der Waals surface area (Å²) in [4.78, 5) is 1.21. The quantitative estimate of drug-likeness (QED) is 0.765. The second kappa shape index (κ2) is 8.22. The molecule has 0 radical (unpaired) electrons. The first-order valence-corrected chi connectivity index (χ1v) is 8.16. The van der Waals surface area contributed by atoms with Gasteiger partial charge in [0.2, 0.25) is 0 Å². The van der Waals surface area contributed by atoms with E-state index in [1.54, 1.807) is 6.07 Å². The maximum atomic E-state index is 14.6. The predicted molar refractivity (Wildman–Crippen MR) is 89.8 cm³/mol. The van der Waals surface area contributed by atoms with Gasteiger partial charge >= 0.3 is 0 Å². The Kier molecular flexibility index (Phi) is 6.02. The maximum absolute atomic E-state index is 14.6. The number of hydrogen-bond acceptors (Lipinski definition) is 4. The van der Waals surface area contributed by atoms with Crippen molar-refractivity contribution in [2.24, 2.45) is 0 Å². The Morgan fingerprint density at radius 2 is 1.83 bits per heavy atom. The van der Waals surface area contributed by atoms with Gasteiger partial charge in [-0.2, -0.15) is 10.5 Å². The molecule has 2 rings (SSSR count). The zero-order valence-electron chi connectivity index (χ0n) is 12.8. The fourth-order valence-corrected chi connectivity index (χ4v) is 3.00. The van der Waals surface area contributed by atoms with Crippen LogP contribution < -0.4 is 5.32 Å². The van der Waals surface area contributed by atoms with Crippen molar-refractivity contribution in [3.8, 4) is 12.1 Å². The highest BCUT2D eigenvalue weighted by Gasteiger charge is 2.19. The lowest BCUT2D eigenvalue weighted by Gasteiger charge is -2.13. The predicted octanol–water partition coefficient (Wildman–Crippen LogP) is 4.93. The summed E-state index contributed by atoms with van der Waals surface area (Å²) in [6.07, 6.45) is 1.94. The summed E-state index contributed by atoms with van der Waals surface area (Å²) in [5, 5.41) is 21.7. The third-order valence-electron chi connectivity index (χ3n) is 3.27. The number of hydrogen-bond donors (Lipinski definition) is 1. The molecule has 0 aliphatic rings. The zero-order chi connectivity index (χ0) is 16.7. The van der Waals surface area contributed by atoms with Gasteiger partial charge in [-0.15, -0.1) is 0 Å². The Labute approximate surface area is 139 Å². The summed E-state index contributed by atoms with van der Waals surface area (Å²) in [6, 6.07) is 14.7. The first-order valence-electron chi connectivity index (χ1n) is 7.34. The van der Waals surface area contributed by atoms with Crippen molar-refractivity contribution in [2.75, 3.05) is 11.9 Å². The van der Waals surface area contributed by atoms with Gasteiger partial charge in [0.25, 0.3) is 0 Å². The fraction of sp³-hybridized carbons (Fsp3) is 0.222. The summed E-state index contributed by atoms with van der Waals surface area (Å²) in [7, 11) is 0. The van der Waals surface area contributed by atoms with Gasteiger partial charge in [0.05, 0.1) is 16.1 Å². The van der Waals surface area contributed by atoms with Crippen LogP contribution in [0.2, 0.25) is 0 Å². The van der Waals surface area contributed by atoms with Crippen LogP contribution in [0.25, 0.3) is 0 Å². The molecule has 0 amide bonds. The van der Waals surface area contributed by atoms with Crippen molar-refractivity contribution in [3.05, 3.63) is 53.3 Å². The van der Waals surface area contributed by atoms with Crippen molar-refractivity contribution in [1.82, 2.24) is 0 Å². The monoisotopic (exact) mass is 325 g/mol. The average molecular weight is 325 g/mol. The van der Waals surface area contributed by atoms with Gasteiger partial charge in [-0.3, -0.25) is 0 Å². The van der Waals surface area contributed by atoms with Crippen LogP contribution in [0.3, 0.4) is 0 Å². The Morgan fingerprint density at radius 3 is 2.43 bits per heavy atom. The number of anilines is 1. The maximum Gasteiger partial charge on any atom is 0.156 e. The van der Waals surface area contributed by atoms with Crippen LogP contribution in [0.4, 0.5) is 10.1 Å². The number of halogens is 1. The largest absolute Gasteiger partial charge is 0.384 e. The van der Waals surface area contributed by atoms with E-state index in [0.717, 1.165) is 17.7 Å². The third kappa shape index (κ3) is 4.03. The molecular formula is C18H16FN3S. The van der Waals surface area contributed by atoms with E-state index in [1.165, 1.54) is 11.8 Å². The number of unbranched alkanes of at least 4 members (excludes halogenated alkanes) is 1. The molecular weight excluding hydrogens is 309 g/mol. The molecule has 2 aromatic carbocycles. The summed E-state index contributed by atoms with van der Waals surface area (Å²) < 4.78 is 14.6. The Hall–Kier alpha value is -2.50. The van der Waals surface area contributed by atoms with Crippen LogP contribution in [0.1, 0.15) is 30.9 Å². The topological polar surface area (TPSA) is 59.6 Å². The molecule has 0 unspecified atom stereocenters. The second-order valence-electron chi connectivity index (χ2n) is 4.91. The second-order valence-corrected chi connectivity index (χ2v) is 6.02. The first-order chi connectivity index (χ1) is 11.2. The summed E-state index contributed by atoms with van der Waals surface area (Å²) in [5.41, 5.74) is 0.378. The SMILES string of the molecule is CCCCNc1cc(Sc2ccccc2)c(F)c(C#N)c1C#N. The number of nitrogens with zero attached hydrogens (tertiary/aromatic N) is 2. The summed E-state index contributed by atoms with van der Waals surface area (Å²) in [5.74, 6) is -0.640. The molecule has 116 valence electrons. The van der Waals surface area contributed by atoms with Gasteiger partial charge in [0.15, 0.2) is 5.82 Å². The summed E-state index contributed by atoms with van der Waals surface area (Å²) >= 11 is 1.24. The van der Waals surface area contributed by atoms with Gasteiger partial charge in [-0.25, -0.2) is 4.39 Å². The highest BCUT2D eigenvalue weighted by Crippen LogP contribution is 2.35. The molecule has 0 saturated carbocycles. The van der Waals surface area contributed by atoms with Crippen LogP contribution in [-0.4, -0.2) is 6.54 Å². The highest BCUT2D eigenvalue weighted by atomic mass is 32.2. The van der Waals surface area contributed by atoms with Crippen molar-refractivity contribution >= 4 is 17.4 Å². The van der Waals surface area contributed by atoms with Crippen LogP contribution >= 0.6 is 11.8 Å². The molecule has 5 heteroatoms. The molecule has 1 N–H and O–H groups in total. The standard InChI is InChI=1S/C18H16FN3S/c1-2-3-9-22-16-10-17(23-13-7-5-4-6-8-13)18(19)15(12-21)14(16)11-20/h4-8,10,22H,2-3,9H2,1H3. The van der Waals surface area contributed by atoms with E-state index < -0.39 is 5.82 Å². The number of benzene rings is 2. The summed E-state index contributed by atoms with van der Waals surface area (Å²) in [6.45, 7) is 2.74. The lowest BCUT2D eigenvalue weighted by molar-refractivity contribution is 0.597. The van der Waals surface area contributed by atoms with E-state index in [9.17, 15) is 14.9 Å². The van der Waals surface area contributed by atoms with Gasteiger partial charge in [0, 0.05) is 11.4 Å². The lowest BCUT2D eigenvalue weighted by Crippen LogP contribution is -2.06. The molecule has 0 aliphatic heterocycles. The van der Waals surface area contributed by atoms with E-state index in [0.29, 0.717) is 17.1 Å². The van der Waals surface area contributed by atoms with Gasteiger partial charge in [-0.05, 0) is 24.6 Å². The number of nitrogens with one attached hydrogen (secondary N) is 1. The highest BCUT2D eigenvalue weighted by molar-refractivity contribution is 7.99. The molecule has 0 aliphatic carbocycles. The Morgan fingerprint density at radius 1 is 1.13 bits per heavy atom. The van der Waals surface area contributed by atoms with Crippen molar-refractivity contribution in [1.29, 1.82) is 10.5 Å². The molecule has 0 aromatic heterocycles. The van der Waals surface area contributed by atoms with Crippen LogP contribution in [0.5, 0.6) is 0 Å². The minimum atomic E-state index is -0.640. The van der Waals surface area contributed by atoms with E-state index in [-0.39, 0.29) is 11.1 Å². The van der Waals surface area contributed by atoms with E-state index in [1.807, 2.05) is 42.5 Å². The van der Waals surface area contributed by atoms with Crippen LogP contribution in [0, 0.1) is 28.5 Å². The van der Waals surface area contributed by atoms with Crippen molar-refractivity contribution < 1.29 is 4.39 Å². The molecule has 0 saturated heterocycles. The number of rotatable bonds is 6. The van der Waals surface area contributed by atoms with E-state index >= 15 is 0 Å². The van der Waals surface area contributed by atoms with Crippen molar-refractivity contribution in [3.63, 3.8) is 0 Å². The smallest absolute Gasteiger partial charge is 0.156 e. The molecule has 0 fully saturated rings. The lowest BCUT2D eigenvalue weighted by atomic mass is 10.1. The molecule has 23 heavy (non-hydrogen) atoms. The Bertz CT molecular complexity index is 761. The zero-order valence-corrected chi connectivity index (χ0v) is 13.6. The molecule has 0 spiro atoms. The average Bonchev–Trinajstić information content (AvgIpc) is 2.58. The van der Waals surface area contributed by atoms with Crippen LogP contribution in [-0.2, 0) is 0 Å². The molecule has 2 aromatic rings. The molecule has 0 atom stereocenters. The normalized spacial score (nSPS) is 9.91. The van der Waals surface area contributed by atoms with E-state index in [4.69, 9.17) is 0 Å². The fourth-order valence-electron chi connectivity index (χ4n) is 2.08. The minimum absolute atomic E-state index is 0.0681. The molecule has 0 bridgehead atoms. The number of nitriles is 2. The third-order valence-corrected chi connectivity index (χ3v) is 4.30. The van der Waals surface area contributed by atoms with E-state index in [2.05, 4.69) is 12.2 Å². The molecule has 0 heterocycles. The van der Waals surface area contributed by atoms with Gasteiger partial charge in [0.1, 0.15) is 17.7 Å². The van der Waals surface area contributed by atoms with Gasteiger partial charge < -0.3 is 5.32 Å².